The van der Waals surface area contributed by atoms with Crippen LogP contribution >= 0.6 is 12.2 Å². The lowest BCUT2D eigenvalue weighted by Gasteiger charge is -2.32. The van der Waals surface area contributed by atoms with E-state index < -0.39 is 0 Å². The molecule has 0 aliphatic carbocycles. The van der Waals surface area contributed by atoms with Crippen LogP contribution in [-0.4, -0.2) is 14.3 Å². The summed E-state index contributed by atoms with van der Waals surface area (Å²) in [5.74, 6) is 0.628. The first-order valence-electron chi connectivity index (χ1n) is 7.98. The van der Waals surface area contributed by atoms with Gasteiger partial charge >= 0.3 is 0 Å². The van der Waals surface area contributed by atoms with Crippen molar-refractivity contribution in [1.82, 2.24) is 19.7 Å². The molecule has 1 aromatic carbocycles. The molecule has 2 aromatic rings. The number of aromatic nitrogens is 3. The predicted molar refractivity (Wildman–Crippen MR) is 97.7 cm³/mol. The molecule has 130 valence electrons. The fourth-order valence-corrected chi connectivity index (χ4v) is 3.06. The zero-order valence-corrected chi connectivity index (χ0v) is 15.5. The van der Waals surface area contributed by atoms with Gasteiger partial charge in [0.2, 0.25) is 0 Å². The quantitative estimate of drug-likeness (QED) is 0.621. The third-order valence-electron chi connectivity index (χ3n) is 3.93. The van der Waals surface area contributed by atoms with E-state index in [4.69, 9.17) is 12.2 Å². The lowest BCUT2D eigenvalue weighted by Crippen LogP contribution is -2.34. The molecule has 1 unspecified atom stereocenters. The van der Waals surface area contributed by atoms with Crippen LogP contribution in [0.1, 0.15) is 38.2 Å². The van der Waals surface area contributed by atoms with Crippen LogP contribution in [0.5, 0.6) is 0 Å². The van der Waals surface area contributed by atoms with Crippen LogP contribution in [0.15, 0.2) is 36.9 Å². The summed E-state index contributed by atoms with van der Waals surface area (Å²) >= 11 is 5.48. The Morgan fingerprint density at radius 1 is 1.33 bits per heavy atom. The Bertz CT molecular complexity index is 753. The number of hydrogen-bond acceptors (Lipinski definition) is 3. The van der Waals surface area contributed by atoms with E-state index in [1.165, 1.54) is 12.1 Å². The first-order chi connectivity index (χ1) is 11.2. The SMILES string of the molecule is C=CCn1c(C)nn(CNC(c2ccc(F)cc2)C(C)(C)C)c1=S. The summed E-state index contributed by atoms with van der Waals surface area (Å²) in [6.07, 6.45) is 1.80. The Labute approximate surface area is 148 Å². The van der Waals surface area contributed by atoms with Gasteiger partial charge in [-0.1, -0.05) is 39.0 Å². The van der Waals surface area contributed by atoms with E-state index in [0.717, 1.165) is 11.4 Å². The largest absolute Gasteiger partial charge is 0.300 e. The molecule has 2 rings (SSSR count). The summed E-state index contributed by atoms with van der Waals surface area (Å²) < 4.78 is 17.6. The topological polar surface area (TPSA) is 34.8 Å². The van der Waals surface area contributed by atoms with Gasteiger partial charge < -0.3 is 4.57 Å². The van der Waals surface area contributed by atoms with Crippen LogP contribution in [0.3, 0.4) is 0 Å². The van der Waals surface area contributed by atoms with Crippen LogP contribution < -0.4 is 5.32 Å². The third kappa shape index (κ3) is 4.19. The van der Waals surface area contributed by atoms with Crippen molar-refractivity contribution in [2.24, 2.45) is 5.41 Å². The molecule has 0 aliphatic rings. The summed E-state index contributed by atoms with van der Waals surface area (Å²) in [6, 6.07) is 6.66. The van der Waals surface area contributed by atoms with Crippen LogP contribution in [0, 0.1) is 22.9 Å². The average molecular weight is 348 g/mol. The number of rotatable bonds is 6. The predicted octanol–water partition coefficient (Wildman–Crippen LogP) is 4.38. The molecule has 0 radical (unpaired) electrons. The first kappa shape index (κ1) is 18.5. The van der Waals surface area contributed by atoms with Crippen molar-refractivity contribution in [2.45, 2.75) is 47.0 Å². The molecule has 4 nitrogen and oxygen atoms in total. The molecule has 6 heteroatoms. The maximum atomic E-state index is 13.2. The summed E-state index contributed by atoms with van der Waals surface area (Å²) in [5, 5.41) is 8.00. The fraction of sp³-hybridized carbons (Fsp3) is 0.444. The van der Waals surface area contributed by atoms with Crippen LogP contribution in [0.4, 0.5) is 4.39 Å². The molecule has 0 bridgehead atoms. The van der Waals surface area contributed by atoms with E-state index in [1.807, 2.05) is 23.6 Å². The summed E-state index contributed by atoms with van der Waals surface area (Å²) in [4.78, 5) is 0. The first-order valence-corrected chi connectivity index (χ1v) is 8.39. The van der Waals surface area contributed by atoms with Gasteiger partial charge in [-0.25, -0.2) is 9.07 Å². The Hall–Kier alpha value is -1.79. The minimum atomic E-state index is -0.229. The fourth-order valence-electron chi connectivity index (χ4n) is 2.75. The lowest BCUT2D eigenvalue weighted by atomic mass is 9.82. The molecule has 0 amide bonds. The Balaban J connectivity index is 2.23. The smallest absolute Gasteiger partial charge is 0.199 e. The van der Waals surface area contributed by atoms with E-state index in [0.29, 0.717) is 18.0 Å². The van der Waals surface area contributed by atoms with Gasteiger partial charge in [0.25, 0.3) is 0 Å². The van der Waals surface area contributed by atoms with E-state index in [2.05, 4.69) is 37.8 Å². The summed E-state index contributed by atoms with van der Waals surface area (Å²) in [7, 11) is 0. The maximum absolute atomic E-state index is 13.2. The molecule has 24 heavy (non-hydrogen) atoms. The van der Waals surface area contributed by atoms with Crippen molar-refractivity contribution in [3.05, 3.63) is 58.9 Å². The van der Waals surface area contributed by atoms with Gasteiger partial charge in [-0.2, -0.15) is 5.10 Å². The monoisotopic (exact) mass is 348 g/mol. The molecule has 1 aromatic heterocycles. The molecular weight excluding hydrogens is 323 g/mol. The molecule has 0 saturated heterocycles. The van der Waals surface area contributed by atoms with Gasteiger partial charge in [-0.05, 0) is 42.3 Å². The summed E-state index contributed by atoms with van der Waals surface area (Å²) in [5.41, 5.74) is 0.997. The highest BCUT2D eigenvalue weighted by Crippen LogP contribution is 2.32. The summed E-state index contributed by atoms with van der Waals surface area (Å²) in [6.45, 7) is 13.3. The van der Waals surface area contributed by atoms with Crippen molar-refractivity contribution in [2.75, 3.05) is 0 Å². The lowest BCUT2D eigenvalue weighted by molar-refractivity contribution is 0.251. The highest BCUT2D eigenvalue weighted by atomic mass is 32.1. The maximum Gasteiger partial charge on any atom is 0.199 e. The van der Waals surface area contributed by atoms with Crippen molar-refractivity contribution in [3.8, 4) is 0 Å². The number of aryl methyl sites for hydroxylation is 1. The Morgan fingerprint density at radius 2 is 1.96 bits per heavy atom. The highest BCUT2D eigenvalue weighted by Gasteiger charge is 2.26. The number of nitrogens with one attached hydrogen (secondary N) is 1. The number of allylic oxidation sites excluding steroid dienone is 1. The van der Waals surface area contributed by atoms with Gasteiger partial charge in [0, 0.05) is 12.6 Å². The standard InChI is InChI=1S/C18H25FN4S/c1-6-11-22-13(2)21-23(17(22)24)12-20-16(18(3,4)5)14-7-9-15(19)10-8-14/h6-10,16,20H,1,11-12H2,2-5H3. The minimum absolute atomic E-state index is 0.0429. The van der Waals surface area contributed by atoms with Gasteiger partial charge in [-0.3, -0.25) is 5.32 Å². The molecule has 1 N–H and O–H groups in total. The van der Waals surface area contributed by atoms with Gasteiger partial charge in [0.1, 0.15) is 11.6 Å². The zero-order chi connectivity index (χ0) is 17.9. The van der Waals surface area contributed by atoms with Gasteiger partial charge in [0.15, 0.2) is 4.77 Å². The van der Waals surface area contributed by atoms with Crippen molar-refractivity contribution < 1.29 is 4.39 Å². The zero-order valence-electron chi connectivity index (χ0n) is 14.7. The number of halogens is 1. The van der Waals surface area contributed by atoms with E-state index in [9.17, 15) is 4.39 Å². The minimum Gasteiger partial charge on any atom is -0.300 e. The van der Waals surface area contributed by atoms with Gasteiger partial charge in [0.05, 0.1) is 6.67 Å². The van der Waals surface area contributed by atoms with E-state index in [1.54, 1.807) is 10.8 Å². The second-order valence-corrected chi connectivity index (χ2v) is 7.31. The Kier molecular flexibility index (Phi) is 5.72. The van der Waals surface area contributed by atoms with Crippen molar-refractivity contribution in [1.29, 1.82) is 0 Å². The van der Waals surface area contributed by atoms with Crippen LogP contribution in [0.2, 0.25) is 0 Å². The molecule has 0 spiro atoms. The third-order valence-corrected chi connectivity index (χ3v) is 4.37. The van der Waals surface area contributed by atoms with Crippen LogP contribution in [0.25, 0.3) is 0 Å². The average Bonchev–Trinajstić information content (AvgIpc) is 2.76. The number of benzene rings is 1. The van der Waals surface area contributed by atoms with Gasteiger partial charge in [-0.15, -0.1) is 6.58 Å². The second-order valence-electron chi connectivity index (χ2n) is 6.94. The van der Waals surface area contributed by atoms with Crippen molar-refractivity contribution in [3.63, 3.8) is 0 Å². The normalized spacial score (nSPS) is 13.0. The highest BCUT2D eigenvalue weighted by molar-refractivity contribution is 7.71. The molecule has 0 aliphatic heterocycles. The molecule has 0 fully saturated rings. The van der Waals surface area contributed by atoms with E-state index in [-0.39, 0.29) is 17.3 Å². The second kappa shape index (κ2) is 7.40. The van der Waals surface area contributed by atoms with Crippen LogP contribution in [-0.2, 0) is 13.2 Å². The molecule has 0 saturated carbocycles. The molecule has 1 heterocycles. The number of hydrogen-bond donors (Lipinski definition) is 1. The van der Waals surface area contributed by atoms with E-state index >= 15 is 0 Å². The molecule has 1 atom stereocenters. The number of nitrogens with zero attached hydrogens (tertiary/aromatic N) is 3. The Morgan fingerprint density at radius 3 is 2.50 bits per heavy atom. The van der Waals surface area contributed by atoms with Crippen molar-refractivity contribution >= 4 is 12.2 Å². The molecular formula is C18H25FN4S.